The van der Waals surface area contributed by atoms with E-state index >= 15 is 0 Å². The van der Waals surface area contributed by atoms with Crippen LogP contribution in [0.4, 0.5) is 0 Å². The van der Waals surface area contributed by atoms with E-state index in [1.54, 1.807) is 12.1 Å². The number of likely N-dealkylation sites (tertiary alicyclic amines) is 1. The predicted octanol–water partition coefficient (Wildman–Crippen LogP) is 3.47. The summed E-state index contributed by atoms with van der Waals surface area (Å²) in [5.74, 6) is 1.72. The molecule has 3 unspecified atom stereocenters. The summed E-state index contributed by atoms with van der Waals surface area (Å²) in [5.41, 5.74) is 6.80. The Kier molecular flexibility index (Phi) is 4.44. The number of benzene rings is 1. The van der Waals surface area contributed by atoms with Crippen LogP contribution < -0.4 is 10.5 Å². The first-order chi connectivity index (χ1) is 11.6. The smallest absolute Gasteiger partial charge is 0.257 e. The molecule has 1 amide bonds. The van der Waals surface area contributed by atoms with E-state index in [4.69, 9.17) is 22.1 Å². The molecule has 0 spiro atoms. The number of halogens is 1. The summed E-state index contributed by atoms with van der Waals surface area (Å²) >= 11 is 6.16. The van der Waals surface area contributed by atoms with Gasteiger partial charge in [0.1, 0.15) is 5.75 Å². The summed E-state index contributed by atoms with van der Waals surface area (Å²) in [6.45, 7) is 1.58. The van der Waals surface area contributed by atoms with Crippen molar-refractivity contribution in [1.29, 1.82) is 0 Å². The molecule has 4 nitrogen and oxygen atoms in total. The predicted molar refractivity (Wildman–Crippen MR) is 94.4 cm³/mol. The molecule has 3 aliphatic rings. The molecule has 1 aromatic carbocycles. The molecule has 1 aliphatic heterocycles. The Hall–Kier alpha value is -1.26. The Balaban J connectivity index is 1.54. The standard InChI is InChI=1S/C19H25ClN2O2/c20-13-6-8-18(24-14-3-1-2-4-14)15(9-13)19(23)22-10-12-5-7-17(21)16(12)11-22/h6,8-9,12,14,16-17H,1-5,7,10-11,21H2. The average molecular weight is 349 g/mol. The number of fused-ring (bicyclic) bond motifs is 1. The number of hydrogen-bond acceptors (Lipinski definition) is 3. The van der Waals surface area contributed by atoms with E-state index < -0.39 is 0 Å². The van der Waals surface area contributed by atoms with Crippen LogP contribution in [0.1, 0.15) is 48.9 Å². The van der Waals surface area contributed by atoms with Gasteiger partial charge in [0.25, 0.3) is 5.91 Å². The quantitative estimate of drug-likeness (QED) is 0.909. The number of carbonyl (C=O) groups is 1. The number of carbonyl (C=O) groups excluding carboxylic acids is 1. The third-order valence-electron chi connectivity index (χ3n) is 5.97. The Morgan fingerprint density at radius 3 is 2.71 bits per heavy atom. The van der Waals surface area contributed by atoms with Crippen molar-refractivity contribution < 1.29 is 9.53 Å². The third kappa shape index (κ3) is 3.02. The molecule has 2 saturated carbocycles. The molecule has 0 radical (unpaired) electrons. The van der Waals surface area contributed by atoms with Gasteiger partial charge in [-0.25, -0.2) is 0 Å². The molecular weight excluding hydrogens is 324 g/mol. The molecule has 130 valence electrons. The zero-order valence-corrected chi connectivity index (χ0v) is 14.7. The lowest BCUT2D eigenvalue weighted by Crippen LogP contribution is -2.33. The Morgan fingerprint density at radius 2 is 1.96 bits per heavy atom. The molecule has 1 heterocycles. The minimum atomic E-state index is 0.0343. The SMILES string of the molecule is NC1CCC2CN(C(=O)c3cc(Cl)ccc3OC3CCCC3)CC12. The third-order valence-corrected chi connectivity index (χ3v) is 6.20. The molecule has 3 fully saturated rings. The summed E-state index contributed by atoms with van der Waals surface area (Å²) in [7, 11) is 0. The van der Waals surface area contributed by atoms with Crippen LogP contribution in [-0.4, -0.2) is 36.0 Å². The fraction of sp³-hybridized carbons (Fsp3) is 0.632. The van der Waals surface area contributed by atoms with Gasteiger partial charge in [0.2, 0.25) is 0 Å². The lowest BCUT2D eigenvalue weighted by atomic mass is 9.98. The number of nitrogens with zero attached hydrogens (tertiary/aromatic N) is 1. The second-order valence-corrected chi connectivity index (χ2v) is 7.98. The van der Waals surface area contributed by atoms with Crippen molar-refractivity contribution in [3.63, 3.8) is 0 Å². The second-order valence-electron chi connectivity index (χ2n) is 7.54. The first-order valence-corrected chi connectivity index (χ1v) is 9.50. The van der Waals surface area contributed by atoms with Gasteiger partial charge in [0.15, 0.2) is 0 Å². The van der Waals surface area contributed by atoms with E-state index in [0.29, 0.717) is 28.2 Å². The van der Waals surface area contributed by atoms with Crippen molar-refractivity contribution in [1.82, 2.24) is 4.90 Å². The van der Waals surface area contributed by atoms with E-state index in [2.05, 4.69) is 0 Å². The maximum atomic E-state index is 13.1. The van der Waals surface area contributed by atoms with Crippen molar-refractivity contribution in [2.24, 2.45) is 17.6 Å². The van der Waals surface area contributed by atoms with E-state index in [1.165, 1.54) is 12.8 Å². The molecule has 2 aliphatic carbocycles. The van der Waals surface area contributed by atoms with Gasteiger partial charge in [0, 0.05) is 24.2 Å². The van der Waals surface area contributed by atoms with Crippen LogP contribution >= 0.6 is 11.6 Å². The molecule has 24 heavy (non-hydrogen) atoms. The highest BCUT2D eigenvalue weighted by atomic mass is 35.5. The van der Waals surface area contributed by atoms with E-state index in [9.17, 15) is 4.79 Å². The number of amides is 1. The van der Waals surface area contributed by atoms with Crippen LogP contribution in [0.25, 0.3) is 0 Å². The fourth-order valence-corrected chi connectivity index (χ4v) is 4.77. The van der Waals surface area contributed by atoms with Gasteiger partial charge in [-0.2, -0.15) is 0 Å². The van der Waals surface area contributed by atoms with Gasteiger partial charge in [0.05, 0.1) is 11.7 Å². The van der Waals surface area contributed by atoms with E-state index in [0.717, 1.165) is 38.8 Å². The second kappa shape index (κ2) is 6.57. The Morgan fingerprint density at radius 1 is 1.17 bits per heavy atom. The maximum Gasteiger partial charge on any atom is 0.257 e. The number of hydrogen-bond donors (Lipinski definition) is 1. The minimum Gasteiger partial charge on any atom is -0.490 e. The van der Waals surface area contributed by atoms with Gasteiger partial charge in [-0.15, -0.1) is 0 Å². The summed E-state index contributed by atoms with van der Waals surface area (Å²) in [5, 5.41) is 0.577. The molecule has 5 heteroatoms. The molecule has 3 atom stereocenters. The van der Waals surface area contributed by atoms with E-state index in [1.807, 2.05) is 11.0 Å². The average Bonchev–Trinajstić information content (AvgIpc) is 3.28. The van der Waals surface area contributed by atoms with Gasteiger partial charge < -0.3 is 15.4 Å². The molecule has 2 N–H and O–H groups in total. The van der Waals surface area contributed by atoms with Gasteiger partial charge in [-0.05, 0) is 68.6 Å². The zero-order chi connectivity index (χ0) is 16.7. The topological polar surface area (TPSA) is 55.6 Å². The fourth-order valence-electron chi connectivity index (χ4n) is 4.60. The first-order valence-electron chi connectivity index (χ1n) is 9.13. The normalized spacial score (nSPS) is 29.9. The van der Waals surface area contributed by atoms with Crippen molar-refractivity contribution in [3.8, 4) is 5.75 Å². The molecule has 1 saturated heterocycles. The number of rotatable bonds is 3. The number of nitrogens with two attached hydrogens (primary N) is 1. The van der Waals surface area contributed by atoms with Crippen LogP contribution in [0.15, 0.2) is 18.2 Å². The van der Waals surface area contributed by atoms with Crippen molar-refractivity contribution in [2.45, 2.75) is 50.7 Å². The summed E-state index contributed by atoms with van der Waals surface area (Å²) < 4.78 is 6.13. The maximum absolute atomic E-state index is 13.1. The monoisotopic (exact) mass is 348 g/mol. The number of ether oxygens (including phenoxy) is 1. The minimum absolute atomic E-state index is 0.0343. The van der Waals surface area contributed by atoms with Crippen molar-refractivity contribution >= 4 is 17.5 Å². The molecule has 0 bridgehead atoms. The highest BCUT2D eigenvalue weighted by molar-refractivity contribution is 6.31. The highest BCUT2D eigenvalue weighted by Crippen LogP contribution is 2.38. The van der Waals surface area contributed by atoms with E-state index in [-0.39, 0.29) is 18.1 Å². The van der Waals surface area contributed by atoms with Gasteiger partial charge in [-0.1, -0.05) is 11.6 Å². The first kappa shape index (κ1) is 16.2. The Bertz CT molecular complexity index is 630. The van der Waals surface area contributed by atoms with Crippen LogP contribution in [0, 0.1) is 11.8 Å². The van der Waals surface area contributed by atoms with Crippen LogP contribution in [0.2, 0.25) is 5.02 Å². The lowest BCUT2D eigenvalue weighted by Gasteiger charge is -2.22. The zero-order valence-electron chi connectivity index (χ0n) is 13.9. The van der Waals surface area contributed by atoms with Crippen molar-refractivity contribution in [3.05, 3.63) is 28.8 Å². The van der Waals surface area contributed by atoms with Crippen molar-refractivity contribution in [2.75, 3.05) is 13.1 Å². The lowest BCUT2D eigenvalue weighted by molar-refractivity contribution is 0.0772. The molecule has 4 rings (SSSR count). The van der Waals surface area contributed by atoms with Gasteiger partial charge in [-0.3, -0.25) is 4.79 Å². The highest BCUT2D eigenvalue weighted by Gasteiger charge is 2.43. The summed E-state index contributed by atoms with van der Waals surface area (Å²) in [6, 6.07) is 5.64. The Labute approximate surface area is 148 Å². The van der Waals surface area contributed by atoms with Crippen LogP contribution in [0.5, 0.6) is 5.75 Å². The van der Waals surface area contributed by atoms with Crippen LogP contribution in [0.3, 0.4) is 0 Å². The molecule has 0 aromatic heterocycles. The molecular formula is C19H25ClN2O2. The summed E-state index contributed by atoms with van der Waals surface area (Å²) in [6.07, 6.45) is 6.99. The largest absolute Gasteiger partial charge is 0.490 e. The van der Waals surface area contributed by atoms with Crippen LogP contribution in [-0.2, 0) is 0 Å². The summed E-state index contributed by atoms with van der Waals surface area (Å²) in [4.78, 5) is 15.0. The molecule has 1 aromatic rings. The van der Waals surface area contributed by atoms with Gasteiger partial charge >= 0.3 is 0 Å².